The molecule has 0 saturated heterocycles. The minimum atomic E-state index is 0.0461. The third-order valence-corrected chi connectivity index (χ3v) is 3.80. The van der Waals surface area contributed by atoms with E-state index in [1.165, 1.54) is 16.8 Å². The van der Waals surface area contributed by atoms with E-state index in [-0.39, 0.29) is 6.04 Å². The minimum absolute atomic E-state index is 0.0461. The fourth-order valence-electron chi connectivity index (χ4n) is 2.53. The molecule has 0 saturated carbocycles. The molecule has 1 aromatic carbocycles. The van der Waals surface area contributed by atoms with Crippen LogP contribution in [0.2, 0.25) is 0 Å². The van der Waals surface area contributed by atoms with Crippen LogP contribution in [0.3, 0.4) is 0 Å². The van der Waals surface area contributed by atoms with Gasteiger partial charge >= 0.3 is 0 Å². The number of hydrogen-bond acceptors (Lipinski definition) is 3. The predicted octanol–water partition coefficient (Wildman–Crippen LogP) is 3.01. The topological polar surface area (TPSA) is 42.1 Å². The Morgan fingerprint density at radius 2 is 1.84 bits per heavy atom. The summed E-state index contributed by atoms with van der Waals surface area (Å²) in [6.07, 6.45) is 2.86. The molecule has 3 nitrogen and oxygen atoms in total. The molecule has 0 spiro atoms. The fraction of sp³-hybridized carbons (Fsp3) is 0.312. The molecule has 2 N–H and O–H groups in total. The Kier molecular flexibility index (Phi) is 3.22. The van der Waals surface area contributed by atoms with Gasteiger partial charge in [-0.15, -0.1) is 0 Å². The van der Waals surface area contributed by atoms with Crippen molar-refractivity contribution in [3.05, 3.63) is 59.4 Å². The lowest BCUT2D eigenvalue weighted by Crippen LogP contribution is -2.16. The van der Waals surface area contributed by atoms with E-state index in [2.05, 4.69) is 47.1 Å². The maximum absolute atomic E-state index is 5.99. The molecule has 0 aliphatic carbocycles. The van der Waals surface area contributed by atoms with Crippen LogP contribution in [0.25, 0.3) is 0 Å². The van der Waals surface area contributed by atoms with E-state index in [1.54, 1.807) is 0 Å². The smallest absolute Gasteiger partial charge is 0.0572 e. The Bertz CT molecular complexity index is 537. The molecular formula is C16H19N3. The van der Waals surface area contributed by atoms with Gasteiger partial charge in [0.1, 0.15) is 0 Å². The highest BCUT2D eigenvalue weighted by molar-refractivity contribution is 5.50. The molecule has 0 amide bonds. The molecule has 19 heavy (non-hydrogen) atoms. The summed E-state index contributed by atoms with van der Waals surface area (Å²) in [7, 11) is 0. The number of rotatable bonds is 3. The number of pyridine rings is 1. The molecule has 0 bridgehead atoms. The van der Waals surface area contributed by atoms with Gasteiger partial charge in [0.2, 0.25) is 0 Å². The Balaban J connectivity index is 1.78. The summed E-state index contributed by atoms with van der Waals surface area (Å²) in [5.74, 6) is 0. The van der Waals surface area contributed by atoms with Gasteiger partial charge in [-0.3, -0.25) is 4.98 Å². The number of nitrogens with two attached hydrogens (primary N) is 1. The lowest BCUT2D eigenvalue weighted by Gasteiger charge is -2.18. The summed E-state index contributed by atoms with van der Waals surface area (Å²) >= 11 is 0. The molecule has 1 atom stereocenters. The van der Waals surface area contributed by atoms with Crippen LogP contribution in [0.1, 0.15) is 36.2 Å². The van der Waals surface area contributed by atoms with Crippen molar-refractivity contribution in [1.29, 1.82) is 0 Å². The third kappa shape index (κ3) is 2.34. The van der Waals surface area contributed by atoms with Gasteiger partial charge in [-0.1, -0.05) is 31.2 Å². The zero-order chi connectivity index (χ0) is 13.2. The molecule has 1 aliphatic rings. The highest BCUT2D eigenvalue weighted by Gasteiger charge is 2.18. The van der Waals surface area contributed by atoms with Gasteiger partial charge < -0.3 is 10.6 Å². The van der Waals surface area contributed by atoms with Gasteiger partial charge in [-0.2, -0.15) is 0 Å². The number of benzene rings is 1. The molecule has 1 aliphatic heterocycles. The zero-order valence-corrected chi connectivity index (χ0v) is 11.2. The Morgan fingerprint density at radius 3 is 2.37 bits per heavy atom. The minimum Gasteiger partial charge on any atom is -0.362 e. The summed E-state index contributed by atoms with van der Waals surface area (Å²) in [5, 5.41) is 0. The van der Waals surface area contributed by atoms with Crippen molar-refractivity contribution in [2.75, 3.05) is 4.90 Å². The number of anilines is 1. The number of hydrogen-bond donors (Lipinski definition) is 1. The van der Waals surface area contributed by atoms with Crippen LogP contribution < -0.4 is 10.6 Å². The predicted molar refractivity (Wildman–Crippen MR) is 77.8 cm³/mol. The molecule has 1 unspecified atom stereocenters. The molecule has 3 heteroatoms. The van der Waals surface area contributed by atoms with Crippen LogP contribution in [0.5, 0.6) is 0 Å². The first-order valence-corrected chi connectivity index (χ1v) is 6.81. The van der Waals surface area contributed by atoms with E-state index in [0.29, 0.717) is 0 Å². The zero-order valence-electron chi connectivity index (χ0n) is 11.2. The van der Waals surface area contributed by atoms with E-state index >= 15 is 0 Å². The van der Waals surface area contributed by atoms with Crippen LogP contribution in [0, 0.1) is 0 Å². The molecule has 1 aromatic heterocycles. The molecule has 2 aromatic rings. The number of fused-ring (bicyclic) bond motifs is 1. The third-order valence-electron chi connectivity index (χ3n) is 3.80. The maximum Gasteiger partial charge on any atom is 0.0572 e. The Hall–Kier alpha value is -1.87. The maximum atomic E-state index is 5.99. The van der Waals surface area contributed by atoms with E-state index in [1.807, 2.05) is 12.3 Å². The van der Waals surface area contributed by atoms with E-state index in [9.17, 15) is 0 Å². The van der Waals surface area contributed by atoms with Crippen LogP contribution >= 0.6 is 0 Å². The summed E-state index contributed by atoms with van der Waals surface area (Å²) in [5.41, 5.74) is 11.0. The molecule has 2 heterocycles. The van der Waals surface area contributed by atoms with E-state index < -0.39 is 0 Å². The van der Waals surface area contributed by atoms with Gasteiger partial charge in [0, 0.05) is 19.1 Å². The quantitative estimate of drug-likeness (QED) is 0.914. The molecular weight excluding hydrogens is 234 g/mol. The molecule has 0 radical (unpaired) electrons. The van der Waals surface area contributed by atoms with Crippen molar-refractivity contribution in [1.82, 2.24) is 4.98 Å². The largest absolute Gasteiger partial charge is 0.362 e. The second-order valence-electron chi connectivity index (χ2n) is 5.08. The second kappa shape index (κ2) is 5.02. The molecule has 98 valence electrons. The Morgan fingerprint density at radius 1 is 1.16 bits per heavy atom. The van der Waals surface area contributed by atoms with Crippen molar-refractivity contribution in [3.8, 4) is 0 Å². The van der Waals surface area contributed by atoms with Crippen molar-refractivity contribution in [2.45, 2.75) is 32.5 Å². The van der Waals surface area contributed by atoms with Crippen LogP contribution in [0.4, 0.5) is 5.69 Å². The first-order chi connectivity index (χ1) is 9.28. The summed E-state index contributed by atoms with van der Waals surface area (Å²) in [6, 6.07) is 12.8. The summed E-state index contributed by atoms with van der Waals surface area (Å²) < 4.78 is 0. The average Bonchev–Trinajstić information content (AvgIpc) is 2.90. The van der Waals surface area contributed by atoms with Gasteiger partial charge in [-0.25, -0.2) is 0 Å². The normalized spacial score (nSPS) is 15.4. The van der Waals surface area contributed by atoms with Crippen LogP contribution in [0.15, 0.2) is 42.6 Å². The van der Waals surface area contributed by atoms with Crippen LogP contribution in [-0.2, 0) is 13.1 Å². The number of nitrogens with zero attached hydrogens (tertiary/aromatic N) is 2. The van der Waals surface area contributed by atoms with Gasteiger partial charge in [-0.05, 0) is 29.7 Å². The standard InChI is InChI=1S/C16H19N3/c1-2-15(17)16-8-7-14(9-18-16)19-10-12-5-3-4-6-13(12)11-19/h3-9,15H,2,10-11,17H2,1H3. The fourth-order valence-corrected chi connectivity index (χ4v) is 2.53. The van der Waals surface area contributed by atoms with Crippen molar-refractivity contribution < 1.29 is 0 Å². The SMILES string of the molecule is CCC(N)c1ccc(N2Cc3ccccc3C2)cn1. The van der Waals surface area contributed by atoms with E-state index in [4.69, 9.17) is 5.73 Å². The lowest BCUT2D eigenvalue weighted by molar-refractivity contribution is 0.675. The first-order valence-electron chi connectivity index (χ1n) is 6.81. The first kappa shape index (κ1) is 12.2. The van der Waals surface area contributed by atoms with E-state index in [0.717, 1.165) is 25.2 Å². The average molecular weight is 253 g/mol. The molecule has 3 rings (SSSR count). The summed E-state index contributed by atoms with van der Waals surface area (Å²) in [4.78, 5) is 6.84. The Labute approximate surface area is 114 Å². The van der Waals surface area contributed by atoms with Crippen LogP contribution in [-0.4, -0.2) is 4.98 Å². The monoisotopic (exact) mass is 253 g/mol. The lowest BCUT2D eigenvalue weighted by atomic mass is 10.1. The van der Waals surface area contributed by atoms with Gasteiger partial charge in [0.15, 0.2) is 0 Å². The highest BCUT2D eigenvalue weighted by atomic mass is 15.1. The second-order valence-corrected chi connectivity index (χ2v) is 5.08. The summed E-state index contributed by atoms with van der Waals surface area (Å²) in [6.45, 7) is 4.02. The number of aromatic nitrogens is 1. The van der Waals surface area contributed by atoms with Gasteiger partial charge in [0.25, 0.3) is 0 Å². The van der Waals surface area contributed by atoms with Gasteiger partial charge in [0.05, 0.1) is 17.6 Å². The van der Waals surface area contributed by atoms with Crippen molar-refractivity contribution >= 4 is 5.69 Å². The highest BCUT2D eigenvalue weighted by Crippen LogP contribution is 2.28. The van der Waals surface area contributed by atoms with Crippen molar-refractivity contribution in [3.63, 3.8) is 0 Å². The molecule has 0 fully saturated rings. The van der Waals surface area contributed by atoms with Crippen molar-refractivity contribution in [2.24, 2.45) is 5.73 Å².